The number of piperidine rings is 1. The molecule has 0 aromatic rings. The van der Waals surface area contributed by atoms with Gasteiger partial charge in [0.15, 0.2) is 5.78 Å². The van der Waals surface area contributed by atoms with Crippen LogP contribution in [-0.4, -0.2) is 137 Å². The number of allylic oxidation sites excluding steroid dienone is 5. The molecule has 15 atom stereocenters. The quantitative estimate of drug-likeness (QED) is 0.135. The van der Waals surface area contributed by atoms with Gasteiger partial charge in [-0.25, -0.2) is 4.79 Å². The molecule has 0 aromatic carbocycles. The van der Waals surface area contributed by atoms with Crippen LogP contribution in [0.2, 0.25) is 0 Å². The summed E-state index contributed by atoms with van der Waals surface area (Å²) in [6.45, 7) is 12.3. The van der Waals surface area contributed by atoms with Gasteiger partial charge in [-0.2, -0.15) is 0 Å². The fraction of sp³-hybridized carbons (Fsp3) is 0.745. The highest BCUT2D eigenvalue weighted by Crippen LogP contribution is 2.38. The van der Waals surface area contributed by atoms with E-state index < -0.39 is 83.9 Å². The first-order valence-corrected chi connectivity index (χ1v) is 24.1. The van der Waals surface area contributed by atoms with Crippen molar-refractivity contribution in [2.45, 2.75) is 180 Å². The van der Waals surface area contributed by atoms with E-state index in [2.05, 4.69) is 0 Å². The average molecular weight is 930 g/mol. The molecule has 15 nitrogen and oxygen atoms in total. The molecule has 2 bridgehead atoms. The van der Waals surface area contributed by atoms with Crippen molar-refractivity contribution in [2.24, 2.45) is 35.5 Å². The number of cyclic esters (lactones) is 1. The lowest BCUT2D eigenvalue weighted by molar-refractivity contribution is -0.265. The number of nitrogens with zero attached hydrogens (tertiary/aromatic N) is 1. The smallest absolute Gasteiger partial charge is 0.329 e. The van der Waals surface area contributed by atoms with Crippen molar-refractivity contribution in [3.63, 3.8) is 0 Å². The highest BCUT2D eigenvalue weighted by molar-refractivity contribution is 6.39. The van der Waals surface area contributed by atoms with Gasteiger partial charge in [-0.1, -0.05) is 58.9 Å². The Morgan fingerprint density at radius 3 is 2.26 bits per heavy atom. The van der Waals surface area contributed by atoms with Gasteiger partial charge in [0.1, 0.15) is 35.9 Å². The molecule has 0 unspecified atom stereocenters. The van der Waals surface area contributed by atoms with E-state index in [0.717, 1.165) is 4.90 Å². The predicted octanol–water partition coefficient (Wildman–Crippen LogP) is 6.07. The van der Waals surface area contributed by atoms with Crippen LogP contribution in [0.25, 0.3) is 0 Å². The van der Waals surface area contributed by atoms with E-state index in [4.69, 9.17) is 23.7 Å². The van der Waals surface area contributed by atoms with Crippen LogP contribution in [0.1, 0.15) is 126 Å². The molecule has 66 heavy (non-hydrogen) atoms. The van der Waals surface area contributed by atoms with E-state index in [1.54, 1.807) is 60.0 Å². The number of carbonyl (C=O) groups is 5. The number of ketones is 3. The van der Waals surface area contributed by atoms with E-state index in [1.807, 2.05) is 19.9 Å². The van der Waals surface area contributed by atoms with E-state index in [0.29, 0.717) is 68.9 Å². The van der Waals surface area contributed by atoms with Gasteiger partial charge >= 0.3 is 5.97 Å². The second-order valence-electron chi connectivity index (χ2n) is 19.7. The van der Waals surface area contributed by atoms with Crippen molar-refractivity contribution in [3.8, 4) is 0 Å². The number of fused-ring (bicyclic) bond motifs is 3. The molecule has 3 fully saturated rings. The minimum Gasteiger partial charge on any atom is -0.508 e. The van der Waals surface area contributed by atoms with E-state index in [1.165, 1.54) is 20.3 Å². The highest BCUT2D eigenvalue weighted by Gasteiger charge is 2.53. The Morgan fingerprint density at radius 2 is 1.59 bits per heavy atom. The number of amides is 1. The molecule has 0 spiro atoms. The minimum atomic E-state index is -2.50. The monoisotopic (exact) mass is 930 g/mol. The summed E-state index contributed by atoms with van der Waals surface area (Å²) in [5.41, 5.74) is 0.845. The summed E-state index contributed by atoms with van der Waals surface area (Å²) in [5.74, 6) is -8.49. The third-order valence-corrected chi connectivity index (χ3v) is 14.6. The topological polar surface area (TPSA) is 216 Å². The Bertz CT molecular complexity index is 1810. The second kappa shape index (κ2) is 25.2. The molecule has 3 aliphatic heterocycles. The Hall–Kier alpha value is -3.57. The Morgan fingerprint density at radius 1 is 0.879 bits per heavy atom. The lowest BCUT2D eigenvalue weighted by atomic mass is 9.78. The molecule has 3 heterocycles. The first kappa shape index (κ1) is 55.0. The molecular formula is C51H79NO14. The molecule has 1 amide bonds. The number of esters is 1. The number of carbonyl (C=O) groups excluding carboxylic acids is 5. The number of rotatable bonds is 6. The van der Waals surface area contributed by atoms with Gasteiger partial charge in [0.25, 0.3) is 11.7 Å². The zero-order chi connectivity index (χ0) is 49.0. The second-order valence-corrected chi connectivity index (χ2v) is 19.7. The molecule has 1 aliphatic carbocycles. The molecule has 0 radical (unpaired) electrons. The summed E-state index contributed by atoms with van der Waals surface area (Å²) in [4.78, 5) is 71.8. The SMILES string of the molecule is CO[C@H]1C[C@@H]2CC[C@@H](C)[C@@](O)(O2)C(=O)C(=O)N2CCCC[C@H]2C(=O)O[C@H]([C@H](C)C[C@H]2CC[C@@H](O)[C@H](OC)C2)CC(=O)[C@H](C)/C=C(\C)[C@@H](O)[C@@H](OC)C(=O)[C@H](C)C[C@H](C)/C=C/C=C/C(O)=C/1C. The van der Waals surface area contributed by atoms with Crippen molar-refractivity contribution >= 4 is 29.2 Å². The predicted molar refractivity (Wildman–Crippen MR) is 247 cm³/mol. The van der Waals surface area contributed by atoms with Crippen LogP contribution in [0.5, 0.6) is 0 Å². The van der Waals surface area contributed by atoms with Crippen molar-refractivity contribution < 1.29 is 68.1 Å². The van der Waals surface area contributed by atoms with E-state index >= 15 is 0 Å². The Labute approximate surface area is 392 Å². The van der Waals surface area contributed by atoms with Crippen LogP contribution >= 0.6 is 0 Å². The molecule has 15 heteroatoms. The zero-order valence-corrected chi connectivity index (χ0v) is 41.0. The fourth-order valence-corrected chi connectivity index (χ4v) is 10.2. The molecule has 2 saturated heterocycles. The van der Waals surface area contributed by atoms with Crippen molar-refractivity contribution in [1.29, 1.82) is 0 Å². The number of aliphatic hydroxyl groups excluding tert-OH is 3. The number of hydrogen-bond acceptors (Lipinski definition) is 14. The summed E-state index contributed by atoms with van der Waals surface area (Å²) >= 11 is 0. The molecular weight excluding hydrogens is 851 g/mol. The molecule has 4 aliphatic rings. The molecule has 4 rings (SSSR count). The van der Waals surface area contributed by atoms with Crippen LogP contribution in [0.4, 0.5) is 0 Å². The number of aliphatic hydroxyl groups is 4. The van der Waals surface area contributed by atoms with Crippen LogP contribution < -0.4 is 0 Å². The lowest BCUT2D eigenvalue weighted by Gasteiger charge is -2.42. The van der Waals surface area contributed by atoms with Gasteiger partial charge in [0.05, 0.1) is 24.4 Å². The fourth-order valence-electron chi connectivity index (χ4n) is 10.2. The van der Waals surface area contributed by atoms with E-state index in [-0.39, 0.29) is 67.0 Å². The van der Waals surface area contributed by atoms with Gasteiger partial charge < -0.3 is 49.0 Å². The first-order chi connectivity index (χ1) is 31.2. The maximum absolute atomic E-state index is 14.4. The lowest BCUT2D eigenvalue weighted by Crippen LogP contribution is -2.61. The largest absolute Gasteiger partial charge is 0.508 e. The summed E-state index contributed by atoms with van der Waals surface area (Å²) in [6, 6.07) is -1.17. The number of hydrogen-bond donors (Lipinski definition) is 4. The number of ether oxygens (including phenoxy) is 5. The summed E-state index contributed by atoms with van der Waals surface area (Å²) < 4.78 is 29.2. The van der Waals surface area contributed by atoms with Crippen LogP contribution in [0.15, 0.2) is 47.3 Å². The Balaban J connectivity index is 1.72. The van der Waals surface area contributed by atoms with Gasteiger partial charge in [0, 0.05) is 58.5 Å². The normalized spacial score (nSPS) is 40.4. The highest BCUT2D eigenvalue weighted by atomic mass is 16.6. The summed E-state index contributed by atoms with van der Waals surface area (Å²) in [5, 5.41) is 44.9. The third-order valence-electron chi connectivity index (χ3n) is 14.6. The number of methoxy groups -OCH3 is 3. The van der Waals surface area contributed by atoms with Crippen molar-refractivity contribution in [2.75, 3.05) is 27.9 Å². The minimum absolute atomic E-state index is 0.0538. The van der Waals surface area contributed by atoms with Gasteiger partial charge in [-0.15, -0.1) is 0 Å². The van der Waals surface area contributed by atoms with E-state index in [9.17, 15) is 44.4 Å². The number of Topliss-reactive ketones (excluding diaryl/α,β-unsaturated/α-hetero) is 3. The van der Waals surface area contributed by atoms with Crippen LogP contribution in [-0.2, 0) is 47.7 Å². The van der Waals surface area contributed by atoms with Gasteiger partial charge in [0.2, 0.25) is 5.79 Å². The molecule has 0 aromatic heterocycles. The Kier molecular flexibility index (Phi) is 21.0. The first-order valence-electron chi connectivity index (χ1n) is 24.1. The third kappa shape index (κ3) is 14.0. The molecule has 372 valence electrons. The van der Waals surface area contributed by atoms with Crippen LogP contribution in [0, 0.1) is 35.5 Å². The standard InChI is InChI=1S/C51H79NO14/c1-29-15-11-12-17-39(53)35(7)43(62-8)27-37-20-18-34(6)51(61,66-37)48(58)49(59)52-22-14-13-16-38(52)50(60)65-42(31(3)25-36-19-21-40(54)44(26-36)63-9)28-41(55)30(2)24-33(5)46(57)47(64-10)45(56)32(4)23-29/h11-12,15,17,24,29-32,34,36-38,40,42-44,46-47,53-54,57,61H,13-14,16,18-23,25-28H2,1-10H3/b15-11+,17-12+,33-24+,39-35-/t29-,30-,31-,32-,34-,36-,37+,38+,40-,42+,43+,44-,46-,47+,51-/m1/s1. The molecule has 1 saturated carbocycles. The summed E-state index contributed by atoms with van der Waals surface area (Å²) in [6.07, 6.45) is 7.47. The molecule has 4 N–H and O–H groups in total. The summed E-state index contributed by atoms with van der Waals surface area (Å²) in [7, 11) is 4.39. The maximum atomic E-state index is 14.4. The van der Waals surface area contributed by atoms with Crippen molar-refractivity contribution in [3.05, 3.63) is 47.3 Å². The average Bonchev–Trinajstić information content (AvgIpc) is 3.29. The van der Waals surface area contributed by atoms with Gasteiger partial charge in [-0.3, -0.25) is 19.2 Å². The van der Waals surface area contributed by atoms with Gasteiger partial charge in [-0.05, 0) is 113 Å². The van der Waals surface area contributed by atoms with Crippen LogP contribution in [0.3, 0.4) is 0 Å². The zero-order valence-electron chi connectivity index (χ0n) is 41.0. The maximum Gasteiger partial charge on any atom is 0.329 e. The van der Waals surface area contributed by atoms with Crippen molar-refractivity contribution in [1.82, 2.24) is 4.90 Å².